The fraction of sp³-hybridized carbons (Fsp3) is 0.208. The van der Waals surface area contributed by atoms with E-state index >= 15 is 0 Å². The first-order chi connectivity index (χ1) is 15.0. The average molecular weight is 420 g/mol. The first kappa shape index (κ1) is 21.8. The van der Waals surface area contributed by atoms with Crippen molar-refractivity contribution in [2.45, 2.75) is 18.4 Å². The SMILES string of the molecule is C=CCC(NC(=O)OCC1c2ccccc2-c2ccccc21)C(=O)NC/C=C/C(=O)O. The van der Waals surface area contributed by atoms with Crippen LogP contribution in [0.2, 0.25) is 0 Å². The molecule has 0 aromatic heterocycles. The molecule has 160 valence electrons. The Morgan fingerprint density at radius 3 is 2.26 bits per heavy atom. The van der Waals surface area contributed by atoms with Crippen LogP contribution in [-0.4, -0.2) is 42.3 Å². The standard InChI is InChI=1S/C24H24N2O5/c1-2-8-21(23(29)25-14-7-13-22(27)28)26-24(30)31-15-20-18-11-5-3-9-16(18)17-10-4-6-12-19(17)20/h2-7,9-13,20-21H,1,8,14-15H2,(H,25,29)(H,26,30)(H,27,28)/b13-7+. The molecule has 2 aromatic carbocycles. The van der Waals surface area contributed by atoms with Crippen molar-refractivity contribution in [2.75, 3.05) is 13.2 Å². The van der Waals surface area contributed by atoms with E-state index in [-0.39, 0.29) is 25.5 Å². The molecule has 0 spiro atoms. The number of amides is 2. The van der Waals surface area contributed by atoms with Gasteiger partial charge in [-0.25, -0.2) is 9.59 Å². The minimum absolute atomic E-state index is 0.0329. The topological polar surface area (TPSA) is 105 Å². The van der Waals surface area contributed by atoms with E-state index in [9.17, 15) is 14.4 Å². The molecular formula is C24H24N2O5. The van der Waals surface area contributed by atoms with E-state index < -0.39 is 24.0 Å². The van der Waals surface area contributed by atoms with Crippen LogP contribution < -0.4 is 10.6 Å². The maximum Gasteiger partial charge on any atom is 0.407 e. The Hall–Kier alpha value is -3.87. The first-order valence-electron chi connectivity index (χ1n) is 9.90. The van der Waals surface area contributed by atoms with Gasteiger partial charge in [-0.15, -0.1) is 6.58 Å². The number of ether oxygens (including phenoxy) is 1. The minimum atomic E-state index is -1.10. The molecule has 0 radical (unpaired) electrons. The minimum Gasteiger partial charge on any atom is -0.478 e. The van der Waals surface area contributed by atoms with E-state index in [0.29, 0.717) is 0 Å². The van der Waals surface area contributed by atoms with Gasteiger partial charge in [-0.05, 0) is 28.7 Å². The number of carbonyl (C=O) groups excluding carboxylic acids is 2. The molecule has 7 heteroatoms. The van der Waals surface area contributed by atoms with Crippen LogP contribution in [-0.2, 0) is 14.3 Å². The fourth-order valence-electron chi connectivity index (χ4n) is 3.62. The van der Waals surface area contributed by atoms with Gasteiger partial charge >= 0.3 is 12.1 Å². The highest BCUT2D eigenvalue weighted by Gasteiger charge is 2.29. The Bertz CT molecular complexity index is 969. The molecule has 2 amide bonds. The Balaban J connectivity index is 1.60. The smallest absolute Gasteiger partial charge is 0.407 e. The highest BCUT2D eigenvalue weighted by Crippen LogP contribution is 2.44. The summed E-state index contributed by atoms with van der Waals surface area (Å²) in [7, 11) is 0. The van der Waals surface area contributed by atoms with Gasteiger partial charge in [-0.3, -0.25) is 4.79 Å². The molecule has 3 rings (SSSR count). The molecule has 2 aromatic rings. The van der Waals surface area contributed by atoms with Crippen molar-refractivity contribution in [1.29, 1.82) is 0 Å². The van der Waals surface area contributed by atoms with Crippen molar-refractivity contribution in [2.24, 2.45) is 0 Å². The molecule has 1 unspecified atom stereocenters. The molecule has 1 aliphatic rings. The number of carboxylic acid groups (broad SMARTS) is 1. The number of nitrogens with one attached hydrogen (secondary N) is 2. The monoisotopic (exact) mass is 420 g/mol. The van der Waals surface area contributed by atoms with E-state index in [0.717, 1.165) is 28.3 Å². The summed E-state index contributed by atoms with van der Waals surface area (Å²) in [6, 6.07) is 15.2. The third-order valence-corrected chi connectivity index (χ3v) is 5.01. The number of alkyl carbamates (subject to hydrolysis) is 1. The normalized spacial score (nSPS) is 13.2. The van der Waals surface area contributed by atoms with Crippen molar-refractivity contribution in [1.82, 2.24) is 10.6 Å². The molecule has 3 N–H and O–H groups in total. The van der Waals surface area contributed by atoms with Crippen LogP contribution >= 0.6 is 0 Å². The fourth-order valence-corrected chi connectivity index (χ4v) is 3.62. The maximum absolute atomic E-state index is 12.4. The summed E-state index contributed by atoms with van der Waals surface area (Å²) in [6.45, 7) is 3.78. The van der Waals surface area contributed by atoms with Gasteiger partial charge < -0.3 is 20.5 Å². The van der Waals surface area contributed by atoms with E-state index in [4.69, 9.17) is 9.84 Å². The number of hydrogen-bond acceptors (Lipinski definition) is 4. The van der Waals surface area contributed by atoms with Crippen molar-refractivity contribution in [3.8, 4) is 11.1 Å². The number of rotatable bonds is 9. The first-order valence-corrected chi connectivity index (χ1v) is 9.90. The molecule has 0 aliphatic heterocycles. The van der Waals surface area contributed by atoms with Crippen LogP contribution in [0.3, 0.4) is 0 Å². The van der Waals surface area contributed by atoms with Gasteiger partial charge in [0.05, 0.1) is 0 Å². The van der Waals surface area contributed by atoms with Gasteiger partial charge in [0, 0.05) is 18.5 Å². The summed E-state index contributed by atoms with van der Waals surface area (Å²) in [5.74, 6) is -1.64. The lowest BCUT2D eigenvalue weighted by Gasteiger charge is -2.18. The third kappa shape index (κ3) is 5.39. The summed E-state index contributed by atoms with van der Waals surface area (Å²) in [5.41, 5.74) is 4.46. The van der Waals surface area contributed by atoms with E-state index in [1.54, 1.807) is 0 Å². The van der Waals surface area contributed by atoms with Gasteiger partial charge in [0.15, 0.2) is 0 Å². The average Bonchev–Trinajstić information content (AvgIpc) is 3.08. The molecule has 0 fully saturated rings. The second-order valence-electron chi connectivity index (χ2n) is 7.03. The molecule has 0 bridgehead atoms. The Labute approximate surface area is 180 Å². The maximum atomic E-state index is 12.4. The highest BCUT2D eigenvalue weighted by atomic mass is 16.5. The van der Waals surface area contributed by atoms with Crippen LogP contribution in [0.25, 0.3) is 11.1 Å². The van der Waals surface area contributed by atoms with Crippen molar-refractivity contribution in [3.05, 3.63) is 84.5 Å². The van der Waals surface area contributed by atoms with Crippen LogP contribution in [0.15, 0.2) is 73.3 Å². The third-order valence-electron chi connectivity index (χ3n) is 5.01. The van der Waals surface area contributed by atoms with Crippen LogP contribution in [0.5, 0.6) is 0 Å². The summed E-state index contributed by atoms with van der Waals surface area (Å²) in [5, 5.41) is 13.7. The lowest BCUT2D eigenvalue weighted by Crippen LogP contribution is -2.46. The van der Waals surface area contributed by atoms with Gasteiger partial charge in [0.2, 0.25) is 5.91 Å². The van der Waals surface area contributed by atoms with E-state index in [1.165, 1.54) is 12.2 Å². The number of carbonyl (C=O) groups is 3. The van der Waals surface area contributed by atoms with Crippen LogP contribution in [0.4, 0.5) is 4.79 Å². The number of hydrogen-bond donors (Lipinski definition) is 3. The van der Waals surface area contributed by atoms with Crippen LogP contribution in [0.1, 0.15) is 23.5 Å². The number of aliphatic carboxylic acids is 1. The largest absolute Gasteiger partial charge is 0.478 e. The van der Waals surface area contributed by atoms with E-state index in [2.05, 4.69) is 29.3 Å². The summed E-state index contributed by atoms with van der Waals surface area (Å²) < 4.78 is 5.47. The number of benzene rings is 2. The van der Waals surface area contributed by atoms with Crippen molar-refractivity contribution < 1.29 is 24.2 Å². The van der Waals surface area contributed by atoms with Crippen LogP contribution in [0, 0.1) is 0 Å². The van der Waals surface area contributed by atoms with Crippen molar-refractivity contribution >= 4 is 18.0 Å². The predicted molar refractivity (Wildman–Crippen MR) is 117 cm³/mol. The Kier molecular flexibility index (Phi) is 7.22. The zero-order valence-corrected chi connectivity index (χ0v) is 16.9. The molecule has 0 saturated carbocycles. The Morgan fingerprint density at radius 2 is 1.68 bits per heavy atom. The molecule has 1 atom stereocenters. The van der Waals surface area contributed by atoms with Crippen molar-refractivity contribution in [3.63, 3.8) is 0 Å². The molecule has 0 heterocycles. The number of carboxylic acids is 1. The molecule has 1 aliphatic carbocycles. The second-order valence-corrected chi connectivity index (χ2v) is 7.03. The molecule has 7 nitrogen and oxygen atoms in total. The Morgan fingerprint density at radius 1 is 1.06 bits per heavy atom. The summed E-state index contributed by atoms with van der Waals surface area (Å²) >= 11 is 0. The molecule has 31 heavy (non-hydrogen) atoms. The lowest BCUT2D eigenvalue weighted by atomic mass is 9.98. The zero-order chi connectivity index (χ0) is 22.2. The summed E-state index contributed by atoms with van der Waals surface area (Å²) in [6.07, 6.45) is 3.25. The molecule has 0 saturated heterocycles. The highest BCUT2D eigenvalue weighted by molar-refractivity contribution is 5.86. The quantitative estimate of drug-likeness (QED) is 0.427. The van der Waals surface area contributed by atoms with E-state index in [1.807, 2.05) is 36.4 Å². The van der Waals surface area contributed by atoms with Gasteiger partial charge in [-0.1, -0.05) is 60.7 Å². The predicted octanol–water partition coefficient (Wildman–Crippen LogP) is 3.23. The molecular weight excluding hydrogens is 396 g/mol. The van der Waals surface area contributed by atoms with Gasteiger partial charge in [-0.2, -0.15) is 0 Å². The summed E-state index contributed by atoms with van der Waals surface area (Å²) in [4.78, 5) is 35.2. The zero-order valence-electron chi connectivity index (χ0n) is 16.9. The number of fused-ring (bicyclic) bond motifs is 3. The lowest BCUT2D eigenvalue weighted by molar-refractivity contribution is -0.131. The van der Waals surface area contributed by atoms with Gasteiger partial charge in [0.1, 0.15) is 12.6 Å². The second kappa shape index (κ2) is 10.2. The van der Waals surface area contributed by atoms with Gasteiger partial charge in [0.25, 0.3) is 0 Å².